The Morgan fingerprint density at radius 2 is 2.30 bits per heavy atom. The van der Waals surface area contributed by atoms with E-state index in [1.54, 1.807) is 0 Å². The number of aromatic nitrogens is 2. The normalized spacial score (nSPS) is 14.8. The van der Waals surface area contributed by atoms with Crippen molar-refractivity contribution in [3.05, 3.63) is 11.9 Å². The molecule has 2 heterocycles. The van der Waals surface area contributed by atoms with Gasteiger partial charge in [0.05, 0.1) is 0 Å². The third-order valence-electron chi connectivity index (χ3n) is 3.34. The number of anilines is 1. The average molecular weight is 279 g/mol. The van der Waals surface area contributed by atoms with Crippen LogP contribution in [0, 0.1) is 5.41 Å². The smallest absolute Gasteiger partial charge is 0.271 e. The van der Waals surface area contributed by atoms with E-state index in [0.717, 1.165) is 32.0 Å². The summed E-state index contributed by atoms with van der Waals surface area (Å²) in [5.41, 5.74) is 0.534. The molecule has 0 aromatic carbocycles. The lowest BCUT2D eigenvalue weighted by molar-refractivity contribution is 0.0924. The Bertz CT molecular complexity index is 454. The van der Waals surface area contributed by atoms with Crippen LogP contribution in [0.15, 0.2) is 6.20 Å². The van der Waals surface area contributed by atoms with Crippen LogP contribution in [0.2, 0.25) is 0 Å². The number of nitrogens with zero attached hydrogens (tertiary/aromatic N) is 3. The van der Waals surface area contributed by atoms with Crippen LogP contribution >= 0.6 is 0 Å². The van der Waals surface area contributed by atoms with Crippen LogP contribution < -0.4 is 10.6 Å². The molecule has 0 fully saturated rings. The largest absolute Gasteiger partial charge is 0.356 e. The van der Waals surface area contributed by atoms with Crippen molar-refractivity contribution < 1.29 is 4.79 Å². The number of rotatable bonds is 5. The lowest BCUT2D eigenvalue weighted by Crippen LogP contribution is -2.40. The average Bonchev–Trinajstić information content (AvgIpc) is 2.78. The van der Waals surface area contributed by atoms with Gasteiger partial charge in [0, 0.05) is 32.4 Å². The van der Waals surface area contributed by atoms with E-state index in [0.29, 0.717) is 12.2 Å². The van der Waals surface area contributed by atoms with Gasteiger partial charge in [0.25, 0.3) is 5.91 Å². The summed E-state index contributed by atoms with van der Waals surface area (Å²) in [6.07, 6.45) is 2.90. The van der Waals surface area contributed by atoms with Crippen LogP contribution in [0.1, 0.15) is 30.8 Å². The lowest BCUT2D eigenvalue weighted by atomic mass is 9.93. The Morgan fingerprint density at radius 1 is 1.55 bits per heavy atom. The van der Waals surface area contributed by atoms with Crippen molar-refractivity contribution in [3.63, 3.8) is 0 Å². The molecule has 0 radical (unpaired) electrons. The van der Waals surface area contributed by atoms with Gasteiger partial charge in [-0.15, -0.1) is 0 Å². The number of imidazole rings is 1. The zero-order valence-electron chi connectivity index (χ0n) is 12.9. The molecule has 1 amide bonds. The SMILES string of the molecule is CN(C)CC(C)(C)CNC(=O)c1cn2c(n1)NCCC2. The molecular weight excluding hydrogens is 254 g/mol. The molecule has 6 nitrogen and oxygen atoms in total. The van der Waals surface area contributed by atoms with Gasteiger partial charge in [0.15, 0.2) is 0 Å². The second kappa shape index (κ2) is 5.83. The fourth-order valence-corrected chi connectivity index (χ4v) is 2.61. The third-order valence-corrected chi connectivity index (χ3v) is 3.34. The highest BCUT2D eigenvalue weighted by atomic mass is 16.1. The Balaban J connectivity index is 1.93. The number of carbonyl (C=O) groups excluding carboxylic acids is 1. The van der Waals surface area contributed by atoms with Crippen LogP contribution in [0.3, 0.4) is 0 Å². The van der Waals surface area contributed by atoms with Gasteiger partial charge in [-0.2, -0.15) is 0 Å². The maximum atomic E-state index is 12.2. The molecule has 0 saturated heterocycles. The summed E-state index contributed by atoms with van der Waals surface area (Å²) < 4.78 is 2.00. The zero-order chi connectivity index (χ0) is 14.8. The molecule has 20 heavy (non-hydrogen) atoms. The molecule has 6 heteroatoms. The highest BCUT2D eigenvalue weighted by molar-refractivity contribution is 5.92. The highest BCUT2D eigenvalue weighted by Gasteiger charge is 2.22. The summed E-state index contributed by atoms with van der Waals surface area (Å²) in [6.45, 7) is 7.71. The van der Waals surface area contributed by atoms with Crippen molar-refractivity contribution in [1.82, 2.24) is 19.8 Å². The molecule has 1 aromatic heterocycles. The first-order valence-electron chi connectivity index (χ1n) is 7.11. The van der Waals surface area contributed by atoms with Crippen molar-refractivity contribution in [1.29, 1.82) is 0 Å². The second-order valence-corrected chi connectivity index (χ2v) is 6.51. The summed E-state index contributed by atoms with van der Waals surface area (Å²) in [7, 11) is 4.08. The van der Waals surface area contributed by atoms with Crippen molar-refractivity contribution in [3.8, 4) is 0 Å². The number of nitrogens with one attached hydrogen (secondary N) is 2. The van der Waals surface area contributed by atoms with Crippen LogP contribution in [0.25, 0.3) is 0 Å². The molecule has 1 aromatic rings. The van der Waals surface area contributed by atoms with Gasteiger partial charge in [-0.05, 0) is 25.9 Å². The number of hydrogen-bond acceptors (Lipinski definition) is 4. The summed E-state index contributed by atoms with van der Waals surface area (Å²) in [5.74, 6) is 0.703. The Kier molecular flexibility index (Phi) is 4.32. The molecule has 1 aliphatic rings. The minimum Gasteiger partial charge on any atom is -0.356 e. The second-order valence-electron chi connectivity index (χ2n) is 6.51. The van der Waals surface area contributed by atoms with Crippen molar-refractivity contribution >= 4 is 11.9 Å². The van der Waals surface area contributed by atoms with Crippen LogP contribution in [-0.2, 0) is 6.54 Å². The van der Waals surface area contributed by atoms with E-state index in [1.807, 2.05) is 24.9 Å². The van der Waals surface area contributed by atoms with Gasteiger partial charge in [0.2, 0.25) is 5.95 Å². The van der Waals surface area contributed by atoms with Gasteiger partial charge >= 0.3 is 0 Å². The van der Waals surface area contributed by atoms with Crippen LogP contribution in [0.5, 0.6) is 0 Å². The van der Waals surface area contributed by atoms with Gasteiger partial charge in [-0.3, -0.25) is 4.79 Å². The van der Waals surface area contributed by atoms with Crippen molar-refractivity contribution in [2.24, 2.45) is 5.41 Å². The first-order chi connectivity index (χ1) is 9.37. The standard InChI is InChI=1S/C14H25N5O/c1-14(2,10-18(3)4)9-16-12(20)11-8-19-7-5-6-15-13(19)17-11/h8H,5-7,9-10H2,1-4H3,(H,15,17)(H,16,20). The van der Waals surface area contributed by atoms with Gasteiger partial charge in [-0.25, -0.2) is 4.98 Å². The van der Waals surface area contributed by atoms with Gasteiger partial charge < -0.3 is 20.1 Å². The lowest BCUT2D eigenvalue weighted by Gasteiger charge is -2.28. The van der Waals surface area contributed by atoms with E-state index in [9.17, 15) is 4.79 Å². The summed E-state index contributed by atoms with van der Waals surface area (Å²) in [6, 6.07) is 0. The zero-order valence-corrected chi connectivity index (χ0v) is 12.9. The predicted octanol–water partition coefficient (Wildman–Crippen LogP) is 1.02. The molecular formula is C14H25N5O. The Hall–Kier alpha value is -1.56. The molecule has 0 atom stereocenters. The molecule has 2 rings (SSSR count). The number of hydrogen-bond donors (Lipinski definition) is 2. The molecule has 0 bridgehead atoms. The number of aryl methyl sites for hydroxylation is 1. The first kappa shape index (κ1) is 14.8. The number of carbonyl (C=O) groups is 1. The minimum absolute atomic E-state index is 0.0385. The fraction of sp³-hybridized carbons (Fsp3) is 0.714. The van der Waals surface area contributed by atoms with Crippen molar-refractivity contribution in [2.45, 2.75) is 26.8 Å². The van der Waals surface area contributed by atoms with E-state index < -0.39 is 0 Å². The molecule has 112 valence electrons. The summed E-state index contributed by atoms with van der Waals surface area (Å²) in [4.78, 5) is 18.6. The van der Waals surface area contributed by atoms with Crippen LogP contribution in [-0.4, -0.2) is 54.1 Å². The molecule has 0 aliphatic carbocycles. The maximum Gasteiger partial charge on any atom is 0.271 e. The van der Waals surface area contributed by atoms with Gasteiger partial charge in [0.1, 0.15) is 5.69 Å². The fourth-order valence-electron chi connectivity index (χ4n) is 2.61. The predicted molar refractivity (Wildman–Crippen MR) is 80.0 cm³/mol. The van der Waals surface area contributed by atoms with E-state index in [1.165, 1.54) is 0 Å². The minimum atomic E-state index is -0.0967. The molecule has 1 aliphatic heterocycles. The summed E-state index contributed by atoms with van der Waals surface area (Å²) in [5, 5.41) is 6.19. The molecule has 2 N–H and O–H groups in total. The molecule has 0 spiro atoms. The molecule has 0 unspecified atom stereocenters. The maximum absolute atomic E-state index is 12.2. The Morgan fingerprint density at radius 3 is 2.95 bits per heavy atom. The van der Waals surface area contributed by atoms with E-state index >= 15 is 0 Å². The quantitative estimate of drug-likeness (QED) is 0.844. The first-order valence-corrected chi connectivity index (χ1v) is 7.11. The molecule has 0 saturated carbocycles. The third kappa shape index (κ3) is 3.72. The highest BCUT2D eigenvalue weighted by Crippen LogP contribution is 2.16. The van der Waals surface area contributed by atoms with E-state index in [4.69, 9.17) is 0 Å². The van der Waals surface area contributed by atoms with Crippen molar-refractivity contribution in [2.75, 3.05) is 39.0 Å². The van der Waals surface area contributed by atoms with Gasteiger partial charge in [-0.1, -0.05) is 13.8 Å². The van der Waals surface area contributed by atoms with E-state index in [2.05, 4.69) is 34.4 Å². The summed E-state index contributed by atoms with van der Waals surface area (Å²) >= 11 is 0. The van der Waals surface area contributed by atoms with Crippen LogP contribution in [0.4, 0.5) is 5.95 Å². The van der Waals surface area contributed by atoms with E-state index in [-0.39, 0.29) is 11.3 Å². The monoisotopic (exact) mass is 279 g/mol. The topological polar surface area (TPSA) is 62.2 Å². The Labute approximate surface area is 120 Å². The number of fused-ring (bicyclic) bond motifs is 1. The number of amides is 1.